The molecule has 29 heavy (non-hydrogen) atoms. The molecule has 0 spiro atoms. The van der Waals surface area contributed by atoms with Gasteiger partial charge in [0.15, 0.2) is 0 Å². The second kappa shape index (κ2) is 8.12. The summed E-state index contributed by atoms with van der Waals surface area (Å²) in [6, 6.07) is 2.99. The molecule has 5 nitrogen and oxygen atoms in total. The molecule has 2 aliphatic rings. The van der Waals surface area contributed by atoms with E-state index in [-0.39, 0.29) is 10.9 Å². The monoisotopic (exact) mass is 444 g/mol. The van der Waals surface area contributed by atoms with Crippen molar-refractivity contribution in [2.75, 3.05) is 44.2 Å². The van der Waals surface area contributed by atoms with Crippen molar-refractivity contribution in [2.24, 2.45) is 0 Å². The van der Waals surface area contributed by atoms with E-state index >= 15 is 0 Å². The number of fused-ring (bicyclic) bond motifs is 1. The molecule has 1 amide bonds. The average Bonchev–Trinajstić information content (AvgIpc) is 3.16. The number of pyridine rings is 1. The molecule has 0 unspecified atom stereocenters. The largest absolute Gasteiger partial charge is 0.417 e. The van der Waals surface area contributed by atoms with E-state index in [1.807, 2.05) is 9.80 Å². The van der Waals surface area contributed by atoms with Crippen molar-refractivity contribution in [1.29, 1.82) is 0 Å². The maximum absolute atomic E-state index is 12.8. The van der Waals surface area contributed by atoms with E-state index < -0.39 is 11.7 Å². The SMILES string of the molecule is O=C(CN1CCN(c2ncc(C(F)(F)F)cc2Cl)CC1)N1CCc2sccc2C1. The lowest BCUT2D eigenvalue weighted by Crippen LogP contribution is -2.50. The first-order chi connectivity index (χ1) is 13.8. The predicted molar refractivity (Wildman–Crippen MR) is 106 cm³/mol. The van der Waals surface area contributed by atoms with Crippen LogP contribution in [-0.4, -0.2) is 60.0 Å². The molecule has 0 aliphatic carbocycles. The van der Waals surface area contributed by atoms with Crippen molar-refractivity contribution >= 4 is 34.7 Å². The molecule has 0 aromatic carbocycles. The Bertz CT molecular complexity index is 896. The van der Waals surface area contributed by atoms with Crippen LogP contribution in [0.3, 0.4) is 0 Å². The van der Waals surface area contributed by atoms with Crippen LogP contribution in [0.1, 0.15) is 16.0 Å². The molecule has 1 saturated heterocycles. The highest BCUT2D eigenvalue weighted by Crippen LogP contribution is 2.33. The zero-order valence-corrected chi connectivity index (χ0v) is 17.2. The summed E-state index contributed by atoms with van der Waals surface area (Å²) in [4.78, 5) is 23.8. The number of piperazine rings is 1. The molecule has 4 rings (SSSR count). The quantitative estimate of drug-likeness (QED) is 0.726. The lowest BCUT2D eigenvalue weighted by molar-refractivity contribution is -0.137. The summed E-state index contributed by atoms with van der Waals surface area (Å²) in [5.41, 5.74) is 0.383. The third-order valence-electron chi connectivity index (χ3n) is 5.34. The number of halogens is 4. The normalized spacial score (nSPS) is 18.1. The van der Waals surface area contributed by atoms with Crippen LogP contribution in [0.4, 0.5) is 19.0 Å². The average molecular weight is 445 g/mol. The Balaban J connectivity index is 1.31. The van der Waals surface area contributed by atoms with Gasteiger partial charge in [-0.3, -0.25) is 9.69 Å². The number of alkyl halides is 3. The van der Waals surface area contributed by atoms with Crippen molar-refractivity contribution in [2.45, 2.75) is 19.1 Å². The van der Waals surface area contributed by atoms with E-state index in [4.69, 9.17) is 11.6 Å². The van der Waals surface area contributed by atoms with E-state index in [0.29, 0.717) is 45.1 Å². The van der Waals surface area contributed by atoms with Gasteiger partial charge in [0.25, 0.3) is 0 Å². The Morgan fingerprint density at radius 3 is 2.66 bits per heavy atom. The predicted octanol–water partition coefficient (Wildman–Crippen LogP) is 3.52. The van der Waals surface area contributed by atoms with Crippen LogP contribution in [-0.2, 0) is 23.9 Å². The number of thiophene rings is 1. The Morgan fingerprint density at radius 1 is 1.21 bits per heavy atom. The maximum atomic E-state index is 12.8. The van der Waals surface area contributed by atoms with Gasteiger partial charge in [0.2, 0.25) is 5.91 Å². The van der Waals surface area contributed by atoms with Crippen molar-refractivity contribution in [3.05, 3.63) is 44.7 Å². The molecule has 156 valence electrons. The van der Waals surface area contributed by atoms with Gasteiger partial charge in [0, 0.05) is 50.3 Å². The van der Waals surface area contributed by atoms with Crippen LogP contribution in [0.15, 0.2) is 23.7 Å². The van der Waals surface area contributed by atoms with E-state index in [9.17, 15) is 18.0 Å². The summed E-state index contributed by atoms with van der Waals surface area (Å²) in [6.45, 7) is 4.13. The molecule has 4 heterocycles. The zero-order chi connectivity index (χ0) is 20.6. The van der Waals surface area contributed by atoms with Crippen LogP contribution < -0.4 is 4.90 Å². The molecule has 0 radical (unpaired) electrons. The molecule has 2 aromatic rings. The van der Waals surface area contributed by atoms with Gasteiger partial charge in [0.05, 0.1) is 17.1 Å². The Kier molecular flexibility index (Phi) is 5.72. The highest BCUT2D eigenvalue weighted by Gasteiger charge is 2.32. The highest BCUT2D eigenvalue weighted by atomic mass is 35.5. The topological polar surface area (TPSA) is 39.7 Å². The number of nitrogens with zero attached hydrogens (tertiary/aromatic N) is 4. The van der Waals surface area contributed by atoms with Crippen molar-refractivity contribution in [3.63, 3.8) is 0 Å². The molecule has 1 fully saturated rings. The first kappa shape index (κ1) is 20.4. The van der Waals surface area contributed by atoms with Gasteiger partial charge in [-0.1, -0.05) is 11.6 Å². The minimum Gasteiger partial charge on any atom is -0.353 e. The first-order valence-electron chi connectivity index (χ1n) is 9.34. The van der Waals surface area contributed by atoms with Crippen molar-refractivity contribution in [3.8, 4) is 0 Å². The molecule has 2 aromatic heterocycles. The fourth-order valence-corrected chi connectivity index (χ4v) is 4.86. The molecule has 10 heteroatoms. The molecule has 0 N–H and O–H groups in total. The summed E-state index contributed by atoms with van der Waals surface area (Å²) >= 11 is 7.79. The van der Waals surface area contributed by atoms with Crippen LogP contribution in [0.5, 0.6) is 0 Å². The molecule has 0 atom stereocenters. The third-order valence-corrected chi connectivity index (χ3v) is 6.64. The standard InChI is InChI=1S/C19H20ClF3N4OS/c20-15-9-14(19(21,22)23)10-24-18(15)26-6-4-25(5-7-26)12-17(28)27-3-1-16-13(11-27)2-8-29-16/h2,8-10H,1,3-7,11-12H2. The molecular formula is C19H20ClF3N4OS. The summed E-state index contributed by atoms with van der Waals surface area (Å²) < 4.78 is 38.3. The van der Waals surface area contributed by atoms with Crippen molar-refractivity contribution in [1.82, 2.24) is 14.8 Å². The number of carbonyl (C=O) groups excluding carboxylic acids is 1. The lowest BCUT2D eigenvalue weighted by atomic mass is 10.1. The number of carbonyl (C=O) groups is 1. The Labute approximate surface area is 175 Å². The Morgan fingerprint density at radius 2 is 1.97 bits per heavy atom. The van der Waals surface area contributed by atoms with E-state index in [1.54, 1.807) is 11.3 Å². The van der Waals surface area contributed by atoms with E-state index in [1.165, 1.54) is 10.4 Å². The van der Waals surface area contributed by atoms with Crippen LogP contribution in [0, 0.1) is 0 Å². The Hall–Kier alpha value is -1.84. The molecule has 2 aliphatic heterocycles. The number of anilines is 1. The number of aromatic nitrogens is 1. The smallest absolute Gasteiger partial charge is 0.353 e. The first-order valence-corrected chi connectivity index (χ1v) is 10.6. The number of rotatable bonds is 3. The third kappa shape index (κ3) is 4.51. The van der Waals surface area contributed by atoms with Gasteiger partial charge in [0.1, 0.15) is 5.82 Å². The van der Waals surface area contributed by atoms with Gasteiger partial charge in [-0.05, 0) is 29.5 Å². The summed E-state index contributed by atoms with van der Waals surface area (Å²) in [5.74, 6) is 0.465. The van der Waals surface area contributed by atoms with Gasteiger partial charge in [-0.2, -0.15) is 13.2 Å². The number of hydrogen-bond donors (Lipinski definition) is 0. The van der Waals surface area contributed by atoms with Gasteiger partial charge in [-0.25, -0.2) is 4.98 Å². The lowest BCUT2D eigenvalue weighted by Gasteiger charge is -2.36. The minimum atomic E-state index is -4.47. The number of amides is 1. The fourth-order valence-electron chi connectivity index (χ4n) is 3.69. The van der Waals surface area contributed by atoms with Gasteiger partial charge in [-0.15, -0.1) is 11.3 Å². The van der Waals surface area contributed by atoms with E-state index in [0.717, 1.165) is 25.2 Å². The van der Waals surface area contributed by atoms with E-state index in [2.05, 4.69) is 21.3 Å². The molecular weight excluding hydrogens is 425 g/mol. The summed E-state index contributed by atoms with van der Waals surface area (Å²) in [5, 5.41) is 2.06. The number of hydrogen-bond acceptors (Lipinski definition) is 5. The summed E-state index contributed by atoms with van der Waals surface area (Å²) in [6.07, 6.45) is -2.75. The summed E-state index contributed by atoms with van der Waals surface area (Å²) in [7, 11) is 0. The van der Waals surface area contributed by atoms with Gasteiger partial charge >= 0.3 is 6.18 Å². The van der Waals surface area contributed by atoms with Crippen molar-refractivity contribution < 1.29 is 18.0 Å². The van der Waals surface area contributed by atoms with Gasteiger partial charge < -0.3 is 9.80 Å². The highest BCUT2D eigenvalue weighted by molar-refractivity contribution is 7.10. The fraction of sp³-hybridized carbons (Fsp3) is 0.474. The minimum absolute atomic E-state index is 0.00997. The van der Waals surface area contributed by atoms with Crippen LogP contribution in [0.2, 0.25) is 5.02 Å². The maximum Gasteiger partial charge on any atom is 0.417 e. The second-order valence-corrected chi connectivity index (χ2v) is 8.63. The van der Waals surface area contributed by atoms with Crippen LogP contribution >= 0.6 is 22.9 Å². The zero-order valence-electron chi connectivity index (χ0n) is 15.6. The molecule has 0 saturated carbocycles. The second-order valence-electron chi connectivity index (χ2n) is 7.22. The molecule has 0 bridgehead atoms. The van der Waals surface area contributed by atoms with Crippen LogP contribution in [0.25, 0.3) is 0 Å².